The molecular weight excluding hydrogens is 460 g/mol. The molecule has 1 saturated heterocycles. The van der Waals surface area contributed by atoms with Crippen LogP contribution < -0.4 is 4.57 Å². The van der Waals surface area contributed by atoms with Crippen molar-refractivity contribution in [1.29, 1.82) is 0 Å². The van der Waals surface area contributed by atoms with E-state index in [9.17, 15) is 24.3 Å². The Bertz CT molecular complexity index is 1540. The maximum Gasteiger partial charge on any atom is 0.337 e. The molecule has 4 aromatic rings. The minimum absolute atomic E-state index is 0.0214. The Hall–Kier alpha value is -4.59. The topological polar surface area (TPSA) is 105 Å². The highest BCUT2D eigenvalue weighted by Gasteiger charge is 2.32. The van der Waals surface area contributed by atoms with Crippen LogP contribution in [0.1, 0.15) is 35.2 Å². The highest BCUT2D eigenvalue weighted by atomic mass is 16.7. The van der Waals surface area contributed by atoms with Crippen molar-refractivity contribution in [1.82, 2.24) is 5.06 Å². The highest BCUT2D eigenvalue weighted by molar-refractivity contribution is 6.14. The lowest BCUT2D eigenvalue weighted by molar-refractivity contribution is -0.617. The molecule has 5 rings (SSSR count). The summed E-state index contributed by atoms with van der Waals surface area (Å²) in [6.45, 7) is 0. The summed E-state index contributed by atoms with van der Waals surface area (Å²) in [5.74, 6) is -2.62. The number of carboxylic acids is 1. The lowest BCUT2D eigenvalue weighted by Gasteiger charge is -2.12. The molecule has 0 bridgehead atoms. The Morgan fingerprint density at radius 1 is 0.917 bits per heavy atom. The number of benzene rings is 3. The van der Waals surface area contributed by atoms with E-state index in [1.165, 1.54) is 0 Å². The Kier molecular flexibility index (Phi) is 5.93. The third-order valence-electron chi connectivity index (χ3n) is 6.47. The maximum atomic E-state index is 12.2. The summed E-state index contributed by atoms with van der Waals surface area (Å²) >= 11 is 0. The van der Waals surface area contributed by atoms with Crippen LogP contribution in [0.15, 0.2) is 66.7 Å². The molecule has 1 fully saturated rings. The second-order valence-electron chi connectivity index (χ2n) is 8.70. The first-order chi connectivity index (χ1) is 17.3. The van der Waals surface area contributed by atoms with Gasteiger partial charge in [-0.3, -0.25) is 9.59 Å². The van der Waals surface area contributed by atoms with Crippen LogP contribution in [0.4, 0.5) is 0 Å². The molecule has 0 radical (unpaired) electrons. The number of nitrogens with zero attached hydrogens (tertiary/aromatic N) is 2. The van der Waals surface area contributed by atoms with Crippen molar-refractivity contribution in [2.24, 2.45) is 7.05 Å². The standard InChI is InChI=1S/C28H22N2O6/c1-29-22-8-3-2-5-20(22)26(28(34)35)21-7-4-6-19(27(21)29)18-12-9-17(10-13-18)11-16-25(33)36-30-23(31)14-15-24(30)32/h2-10,12-13H,11,14-16H2,1H3/p+1. The van der Waals surface area contributed by atoms with Gasteiger partial charge in [0.15, 0.2) is 0 Å². The van der Waals surface area contributed by atoms with Crippen LogP contribution >= 0.6 is 0 Å². The molecule has 1 N–H and O–H groups in total. The monoisotopic (exact) mass is 483 g/mol. The van der Waals surface area contributed by atoms with Gasteiger partial charge >= 0.3 is 11.9 Å². The predicted molar refractivity (Wildman–Crippen MR) is 131 cm³/mol. The van der Waals surface area contributed by atoms with Gasteiger partial charge in [0, 0.05) is 18.9 Å². The number of amides is 2. The Morgan fingerprint density at radius 2 is 1.58 bits per heavy atom. The smallest absolute Gasteiger partial charge is 0.337 e. The van der Waals surface area contributed by atoms with Crippen molar-refractivity contribution in [2.75, 3.05) is 0 Å². The van der Waals surface area contributed by atoms with E-state index in [2.05, 4.69) is 0 Å². The van der Waals surface area contributed by atoms with Crippen LogP contribution in [0.2, 0.25) is 0 Å². The molecule has 1 aromatic heterocycles. The van der Waals surface area contributed by atoms with Gasteiger partial charge in [-0.25, -0.2) is 9.59 Å². The fraction of sp³-hybridized carbons (Fsp3) is 0.179. The highest BCUT2D eigenvalue weighted by Crippen LogP contribution is 2.32. The van der Waals surface area contributed by atoms with Gasteiger partial charge in [0.25, 0.3) is 11.8 Å². The summed E-state index contributed by atoms with van der Waals surface area (Å²) < 4.78 is 2.01. The first-order valence-corrected chi connectivity index (χ1v) is 11.6. The zero-order valence-corrected chi connectivity index (χ0v) is 19.6. The number of pyridine rings is 1. The summed E-state index contributed by atoms with van der Waals surface area (Å²) in [4.78, 5) is 52.5. The molecule has 8 heteroatoms. The summed E-state index contributed by atoms with van der Waals surface area (Å²) in [5.41, 5.74) is 4.58. The number of imide groups is 1. The second-order valence-corrected chi connectivity index (χ2v) is 8.70. The van der Waals surface area contributed by atoms with Gasteiger partial charge in [-0.05, 0) is 35.7 Å². The molecule has 180 valence electrons. The average Bonchev–Trinajstić information content (AvgIpc) is 3.19. The van der Waals surface area contributed by atoms with Crippen LogP contribution in [0, 0.1) is 0 Å². The molecule has 1 aliphatic rings. The molecule has 36 heavy (non-hydrogen) atoms. The first kappa shape index (κ1) is 23.2. The normalized spacial score (nSPS) is 13.5. The molecule has 3 aromatic carbocycles. The van der Waals surface area contributed by atoms with E-state index in [-0.39, 0.29) is 24.8 Å². The summed E-state index contributed by atoms with van der Waals surface area (Å²) in [5, 5.41) is 11.9. The predicted octanol–water partition coefficient (Wildman–Crippen LogP) is 3.72. The molecule has 0 spiro atoms. The lowest BCUT2D eigenvalue weighted by Crippen LogP contribution is -2.32. The van der Waals surface area contributed by atoms with Gasteiger partial charge < -0.3 is 9.94 Å². The summed E-state index contributed by atoms with van der Waals surface area (Å²) in [6, 6.07) is 20.7. The van der Waals surface area contributed by atoms with Crippen LogP contribution in [-0.4, -0.2) is 33.9 Å². The minimum atomic E-state index is -0.978. The number of rotatable bonds is 6. The fourth-order valence-electron chi connectivity index (χ4n) is 4.72. The number of fused-ring (bicyclic) bond motifs is 2. The van der Waals surface area contributed by atoms with Crippen LogP contribution in [-0.2, 0) is 32.7 Å². The van der Waals surface area contributed by atoms with Gasteiger partial charge in [-0.15, -0.1) is 5.06 Å². The molecule has 0 saturated carbocycles. The molecule has 2 amide bonds. The molecule has 0 aliphatic carbocycles. The molecule has 0 unspecified atom stereocenters. The van der Waals surface area contributed by atoms with Crippen LogP contribution in [0.3, 0.4) is 0 Å². The molecular formula is C28H23N2O6+. The lowest BCUT2D eigenvalue weighted by atomic mass is 9.95. The summed E-state index contributed by atoms with van der Waals surface area (Å²) in [7, 11) is 1.93. The number of hydroxylamine groups is 2. The second kappa shape index (κ2) is 9.22. The number of hydrogen-bond donors (Lipinski definition) is 1. The Balaban J connectivity index is 1.43. The van der Waals surface area contributed by atoms with Crippen molar-refractivity contribution >= 4 is 45.6 Å². The molecule has 0 atom stereocenters. The van der Waals surface area contributed by atoms with Crippen molar-refractivity contribution in [3.05, 3.63) is 77.9 Å². The van der Waals surface area contributed by atoms with E-state index >= 15 is 0 Å². The third kappa shape index (κ3) is 4.07. The molecule has 8 nitrogen and oxygen atoms in total. The van der Waals surface area contributed by atoms with E-state index in [1.54, 1.807) is 0 Å². The molecule has 2 heterocycles. The number of aryl methyl sites for hydroxylation is 2. The largest absolute Gasteiger partial charge is 0.478 e. The van der Waals surface area contributed by atoms with Crippen molar-refractivity contribution in [3.63, 3.8) is 0 Å². The van der Waals surface area contributed by atoms with E-state index in [0.29, 0.717) is 22.3 Å². The number of carbonyl (C=O) groups is 4. The Labute approximate surface area is 206 Å². The zero-order valence-electron chi connectivity index (χ0n) is 19.6. The van der Waals surface area contributed by atoms with Crippen molar-refractivity contribution < 1.29 is 33.7 Å². The van der Waals surface area contributed by atoms with Crippen LogP contribution in [0.25, 0.3) is 32.9 Å². The van der Waals surface area contributed by atoms with Gasteiger partial charge in [-0.1, -0.05) is 42.5 Å². The van der Waals surface area contributed by atoms with Crippen molar-refractivity contribution in [2.45, 2.75) is 25.7 Å². The minimum Gasteiger partial charge on any atom is -0.478 e. The van der Waals surface area contributed by atoms with Crippen molar-refractivity contribution in [3.8, 4) is 11.1 Å². The number of carbonyl (C=O) groups excluding carboxylic acids is 3. The number of hydrogen-bond acceptors (Lipinski definition) is 5. The SMILES string of the molecule is C[n+]1c2ccccc2c(C(=O)O)c2cccc(-c3ccc(CCC(=O)ON4C(=O)CCC4=O)cc3)c21. The zero-order chi connectivity index (χ0) is 25.4. The maximum absolute atomic E-state index is 12.2. The van der Waals surface area contributed by atoms with Gasteiger partial charge in [0.1, 0.15) is 7.05 Å². The summed E-state index contributed by atoms with van der Waals surface area (Å²) in [6.07, 6.45) is 0.520. The Morgan fingerprint density at radius 3 is 2.28 bits per heavy atom. The van der Waals surface area contributed by atoms with E-state index in [4.69, 9.17) is 4.84 Å². The number of carboxylic acid groups (broad SMARTS) is 1. The number of para-hydroxylation sites is 2. The van der Waals surface area contributed by atoms with Crippen LogP contribution in [0.5, 0.6) is 0 Å². The van der Waals surface area contributed by atoms with E-state index < -0.39 is 23.8 Å². The van der Waals surface area contributed by atoms with Gasteiger partial charge in [-0.2, -0.15) is 4.57 Å². The van der Waals surface area contributed by atoms with E-state index in [1.807, 2.05) is 78.3 Å². The first-order valence-electron chi connectivity index (χ1n) is 11.6. The number of aromatic carboxylic acids is 1. The average molecular weight is 484 g/mol. The quantitative estimate of drug-likeness (QED) is 0.255. The van der Waals surface area contributed by atoms with E-state index in [0.717, 1.165) is 27.7 Å². The number of aromatic nitrogens is 1. The fourth-order valence-corrected chi connectivity index (χ4v) is 4.72. The van der Waals surface area contributed by atoms with Gasteiger partial charge in [0.05, 0.1) is 28.3 Å². The molecule has 1 aliphatic heterocycles. The third-order valence-corrected chi connectivity index (χ3v) is 6.47. The van der Waals surface area contributed by atoms with Gasteiger partial charge in [0.2, 0.25) is 11.0 Å².